The van der Waals surface area contributed by atoms with Gasteiger partial charge in [-0.1, -0.05) is 187 Å². The highest BCUT2D eigenvalue weighted by Crippen LogP contribution is 2.70. The minimum Gasteiger partial charge on any atom is -0.505 e. The number of aromatic hydroxyl groups is 1. The molecule has 8 amide bonds. The number of thioether (sulfide) groups is 1. The number of unbranched alkanes of at least 4 members (excludes halogenated alkanes) is 13. The summed E-state index contributed by atoms with van der Waals surface area (Å²) in [6, 6.07) is 6.88. The molecule has 2 aromatic carbocycles. The molecule has 8 fully saturated rings. The Hall–Kier alpha value is -7.60. The highest BCUT2D eigenvalue weighted by atomic mass is 32.2. The van der Waals surface area contributed by atoms with Crippen LogP contribution in [0.4, 0.5) is 13.6 Å². The van der Waals surface area contributed by atoms with Gasteiger partial charge in [-0.05, 0) is 252 Å². The molecule has 0 radical (unpaired) electrons. The normalized spacial score (nSPS) is 30.9. The van der Waals surface area contributed by atoms with Gasteiger partial charge in [0.05, 0.1) is 17.6 Å². The van der Waals surface area contributed by atoms with Gasteiger partial charge in [-0.3, -0.25) is 33.6 Å². The predicted molar refractivity (Wildman–Crippen MR) is 513 cm³/mol. The third kappa shape index (κ3) is 24.6. The number of allylic oxidation sites excluding steroid dienone is 5. The fraction of sp³-hybridized carbons (Fsp3) is 0.729. The van der Waals surface area contributed by atoms with E-state index in [9.17, 15) is 62.1 Å². The quantitative estimate of drug-likeness (QED) is 0.0167. The lowest BCUT2D eigenvalue weighted by atomic mass is 9.47. The third-order valence-corrected chi connectivity index (χ3v) is 36.3. The Labute approximate surface area is 784 Å². The standard InChI is InChI=1S/C62H84F2N4O8.C45H75N5O4S/c1-5-6-7-8-9-10-11-12-13-15-38(2)47-20-21-48-43-19-17-40-33-41(22-26-61(40,3)49(43)23-27-62(47,48)4)65-28-14-29-66-56(71)24-30-67-57(72)25-31-68-59(73)39-16-18-42(44(32-39)60(74)75)58-45-34-50(63)52(69)36-54(45)76-55-37-53(70)51(64)35-46(55)58;1-5-6-8-13-30(2)34-19-20-35-33-18-17-31-28-32(21-24-44(31,3)36(33)22-25-45(34,35)4)48-41(53)23-27-47-40(52)15-9-7-12-26-46-39(51)16-11-10-14-38-42-37(29-55-38)49-43(54)50-42/h16-18,32,34-38,41,43,45,47-49,58,65,70H,5-15,19-31,33H2,1-4H3,(H,66,71)(H,67,72)(H,68,73)(H,74,75);17,30,32-38,42H,5-16,18-29H2,1-4H3,(H,46,51)(H,47,52)(H,48,53)(H2,49,50,54)/t38?,41-,43-,45?,47?,48?,49?,58?,61?,62?;30-,32+,33+,34?,35?,36?,37+,38+,42+,44?,45?/m01/s1. The molecule has 131 heavy (non-hydrogen) atoms. The Balaban J connectivity index is 0.000000235. The average Bonchev–Trinajstić information content (AvgIpc) is 1.62. The first-order valence-electron chi connectivity index (χ1n) is 51.7. The highest BCUT2D eigenvalue weighted by molar-refractivity contribution is 8.00. The topological polar surface area (TPSA) is 312 Å². The molecule has 0 bridgehead atoms. The van der Waals surface area contributed by atoms with Gasteiger partial charge in [-0.2, -0.15) is 11.8 Å². The summed E-state index contributed by atoms with van der Waals surface area (Å²) in [5.74, 6) is 0.973. The molecule has 21 atom stereocenters. The van der Waals surface area contributed by atoms with Crippen LogP contribution in [0.1, 0.15) is 363 Å². The molecule has 3 heterocycles. The first-order valence-corrected chi connectivity index (χ1v) is 52.7. The summed E-state index contributed by atoms with van der Waals surface area (Å²) in [7, 11) is 0. The molecule has 0 aromatic heterocycles. The maximum absolute atomic E-state index is 14.7. The number of aromatic carboxylic acids is 1. The Morgan fingerprint density at radius 3 is 1.70 bits per heavy atom. The van der Waals surface area contributed by atoms with Crippen molar-refractivity contribution in [2.45, 2.75) is 360 Å². The van der Waals surface area contributed by atoms with E-state index in [0.717, 1.165) is 166 Å². The molecule has 6 saturated carbocycles. The van der Waals surface area contributed by atoms with Crippen molar-refractivity contribution in [1.29, 1.82) is 0 Å². The van der Waals surface area contributed by atoms with Gasteiger partial charge in [0.15, 0.2) is 17.4 Å². The molecular weight excluding hydrogens is 1670 g/mol. The molecule has 3 aliphatic heterocycles. The number of carbonyl (C=O) groups excluding carboxylic acids is 8. The zero-order valence-electron chi connectivity index (χ0n) is 80.3. The van der Waals surface area contributed by atoms with Gasteiger partial charge in [0.1, 0.15) is 11.5 Å². The number of ether oxygens (including phenoxy) is 1. The van der Waals surface area contributed by atoms with Crippen molar-refractivity contribution in [1.82, 2.24) is 47.9 Å². The Morgan fingerprint density at radius 1 is 0.550 bits per heavy atom. The van der Waals surface area contributed by atoms with Crippen molar-refractivity contribution in [2.24, 2.45) is 86.8 Å². The van der Waals surface area contributed by atoms with Crippen molar-refractivity contribution in [3.8, 4) is 11.5 Å². The van der Waals surface area contributed by atoms with Crippen molar-refractivity contribution >= 4 is 65.0 Å². The number of carboxylic acid groups (broad SMARTS) is 1. The largest absolute Gasteiger partial charge is 0.505 e. The number of phenolic OH excluding ortho intramolecular Hbond substituents is 1. The van der Waals surface area contributed by atoms with E-state index in [1.165, 1.54) is 185 Å². The first kappa shape index (κ1) is 101. The van der Waals surface area contributed by atoms with Crippen LogP contribution in [-0.4, -0.2) is 138 Å². The minimum absolute atomic E-state index is 0.00463. The number of benzene rings is 2. The third-order valence-electron chi connectivity index (χ3n) is 34.7. The molecule has 2 saturated heterocycles. The number of hydrogen-bond acceptors (Lipinski definition) is 13. The van der Waals surface area contributed by atoms with Gasteiger partial charge in [0.2, 0.25) is 35.3 Å². The van der Waals surface area contributed by atoms with Crippen LogP contribution in [-0.2, 0) is 28.8 Å². The van der Waals surface area contributed by atoms with Crippen LogP contribution in [0, 0.1) is 92.6 Å². The smallest absolute Gasteiger partial charge is 0.336 e. The molecular formula is C107H159F2N9O12S. The molecule has 13 unspecified atom stereocenters. The molecule has 14 rings (SSSR count). The number of halogens is 2. The number of nitrogens with one attached hydrogen (secondary N) is 9. The van der Waals surface area contributed by atoms with E-state index in [-0.39, 0.29) is 119 Å². The lowest BCUT2D eigenvalue weighted by Crippen LogP contribution is -2.52. The molecule has 11 N–H and O–H groups in total. The van der Waals surface area contributed by atoms with Crippen molar-refractivity contribution in [3.63, 3.8) is 0 Å². The van der Waals surface area contributed by atoms with Crippen molar-refractivity contribution in [2.75, 3.05) is 45.0 Å². The number of carbonyl (C=O) groups is 9. The van der Waals surface area contributed by atoms with Crippen LogP contribution in [0.15, 0.2) is 77.4 Å². The van der Waals surface area contributed by atoms with Gasteiger partial charge in [0.25, 0.3) is 5.91 Å². The van der Waals surface area contributed by atoms with E-state index in [1.807, 2.05) is 11.8 Å². The lowest BCUT2D eigenvalue weighted by Gasteiger charge is -2.58. The SMILES string of the molecule is CCCCCCCCCCCC(C)C1CCC2[C@@H]3CC=C4C[C@@H](NCCCNC(=O)CCNC(=O)CCNC(=O)c5ccc(C6c7cc(F)c(O)cc7OC7=CC(=O)C(F)=CC76)c(C(=O)O)c5)CCC4(C)C3CCC12C.CCCCC[C@@H](C)C1CCC2[C@@H]3CC=C4C[C@@H](NC(=O)CCNC(=O)CCCCCNC(=O)CCCC[C@@H]5SC[C@@H]6NC(=O)N[C@@H]65)CCC4(C)C3CCC21C. The van der Waals surface area contributed by atoms with Gasteiger partial charge >= 0.3 is 12.0 Å². The van der Waals surface area contributed by atoms with Gasteiger partial charge in [-0.25, -0.2) is 18.4 Å². The van der Waals surface area contributed by atoms with Crippen LogP contribution >= 0.6 is 11.8 Å². The second kappa shape index (κ2) is 46.8. The first-order chi connectivity index (χ1) is 63.0. The molecule has 9 aliphatic carbocycles. The fourth-order valence-electron chi connectivity index (χ4n) is 27.6. The van der Waals surface area contributed by atoms with Crippen molar-refractivity contribution < 1.29 is 66.9 Å². The number of hydrogen-bond donors (Lipinski definition) is 11. The summed E-state index contributed by atoms with van der Waals surface area (Å²) < 4.78 is 35.0. The van der Waals surface area contributed by atoms with E-state index in [1.54, 1.807) is 11.1 Å². The van der Waals surface area contributed by atoms with E-state index in [0.29, 0.717) is 66.4 Å². The molecule has 2 aromatic rings. The van der Waals surface area contributed by atoms with Crippen LogP contribution in [0.2, 0.25) is 0 Å². The minimum atomic E-state index is -1.42. The van der Waals surface area contributed by atoms with Crippen LogP contribution in [0.5, 0.6) is 11.5 Å². The fourth-order valence-corrected chi connectivity index (χ4v) is 29.1. The summed E-state index contributed by atoms with van der Waals surface area (Å²) in [6.45, 7) is 22.7. The van der Waals surface area contributed by atoms with E-state index in [4.69, 9.17) is 4.74 Å². The molecule has 21 nitrogen and oxygen atoms in total. The second-order valence-corrected chi connectivity index (χ2v) is 44.1. The number of ketones is 1. The molecule has 724 valence electrons. The molecule has 12 aliphatic rings. The number of phenols is 1. The molecule has 24 heteroatoms. The summed E-state index contributed by atoms with van der Waals surface area (Å²) >= 11 is 1.91. The zero-order valence-corrected chi connectivity index (χ0v) is 81.1. The van der Waals surface area contributed by atoms with Crippen LogP contribution < -0.4 is 52.6 Å². The Morgan fingerprint density at radius 2 is 1.08 bits per heavy atom. The summed E-state index contributed by atoms with van der Waals surface area (Å²) in [6.07, 6.45) is 54.8. The summed E-state index contributed by atoms with van der Waals surface area (Å²) in [4.78, 5) is 112. The number of carboxylic acids is 1. The van der Waals surface area contributed by atoms with Gasteiger partial charge < -0.3 is 62.8 Å². The predicted octanol–water partition coefficient (Wildman–Crippen LogP) is 20.1. The van der Waals surface area contributed by atoms with E-state index < -0.39 is 46.9 Å². The van der Waals surface area contributed by atoms with Gasteiger partial charge in [0, 0.05) is 123 Å². The van der Waals surface area contributed by atoms with Gasteiger partial charge in [-0.15, -0.1) is 0 Å². The average molecular weight is 1830 g/mol. The summed E-state index contributed by atoms with van der Waals surface area (Å²) in [5, 5.41) is 48.1. The van der Waals surface area contributed by atoms with E-state index in [2.05, 4.69) is 115 Å². The summed E-state index contributed by atoms with van der Waals surface area (Å²) in [5.41, 5.74) is 4.72. The number of rotatable bonds is 45. The second-order valence-electron chi connectivity index (χ2n) is 42.9. The zero-order chi connectivity index (χ0) is 93.2. The highest BCUT2D eigenvalue weighted by Gasteiger charge is 2.62. The van der Waals surface area contributed by atoms with E-state index >= 15 is 0 Å². The number of urea groups is 1. The Kier molecular flexibility index (Phi) is 36.0. The number of fused-ring (bicyclic) bond motifs is 13. The maximum atomic E-state index is 14.7. The number of amides is 8. The molecule has 0 spiro atoms. The van der Waals surface area contributed by atoms with Crippen LogP contribution in [0.25, 0.3) is 0 Å². The lowest BCUT2D eigenvalue weighted by molar-refractivity contribution is -0.124. The maximum Gasteiger partial charge on any atom is 0.336 e. The monoisotopic (exact) mass is 1830 g/mol. The van der Waals surface area contributed by atoms with Crippen molar-refractivity contribution in [3.05, 3.63) is 105 Å². The Bertz CT molecular complexity index is 4460. The van der Waals surface area contributed by atoms with Crippen LogP contribution in [0.3, 0.4) is 0 Å².